The number of esters is 1. The van der Waals surface area contributed by atoms with Crippen LogP contribution in [-0.4, -0.2) is 24.7 Å². The van der Waals surface area contributed by atoms with Crippen LogP contribution < -0.4 is 4.74 Å². The molecule has 4 nitrogen and oxygen atoms in total. The van der Waals surface area contributed by atoms with Gasteiger partial charge in [0.2, 0.25) is 5.88 Å². The van der Waals surface area contributed by atoms with Crippen LogP contribution in [0.2, 0.25) is 0 Å². The number of alkyl halides is 2. The van der Waals surface area contributed by atoms with Crippen molar-refractivity contribution in [3.63, 3.8) is 0 Å². The topological polar surface area (TPSA) is 48.4 Å². The fourth-order valence-corrected chi connectivity index (χ4v) is 1.55. The van der Waals surface area contributed by atoms with E-state index in [2.05, 4.69) is 4.98 Å². The molecule has 1 heterocycles. The van der Waals surface area contributed by atoms with Gasteiger partial charge in [-0.25, -0.2) is 13.8 Å². The zero-order valence-corrected chi connectivity index (χ0v) is 10.5. The monoisotopic (exact) mass is 259 g/mol. The van der Waals surface area contributed by atoms with E-state index < -0.39 is 12.4 Å². The minimum atomic E-state index is -2.67. The summed E-state index contributed by atoms with van der Waals surface area (Å²) in [6, 6.07) is 1.25. The van der Waals surface area contributed by atoms with Gasteiger partial charge >= 0.3 is 5.97 Å². The number of pyridine rings is 1. The minimum Gasteiger partial charge on any atom is -0.481 e. The summed E-state index contributed by atoms with van der Waals surface area (Å²) in [6.45, 7) is 3.59. The molecule has 1 aromatic heterocycles. The van der Waals surface area contributed by atoms with Gasteiger partial charge in [0.1, 0.15) is 5.69 Å². The molecule has 0 unspecified atom stereocenters. The number of carbonyl (C=O) groups excluding carboxylic acids is 1. The van der Waals surface area contributed by atoms with Crippen LogP contribution in [-0.2, 0) is 16.0 Å². The van der Waals surface area contributed by atoms with E-state index in [4.69, 9.17) is 9.47 Å². The average molecular weight is 259 g/mol. The maximum Gasteiger partial charge on any atom is 0.310 e. The van der Waals surface area contributed by atoms with Crippen molar-refractivity contribution >= 4 is 5.97 Å². The van der Waals surface area contributed by atoms with E-state index >= 15 is 0 Å². The Kier molecular flexibility index (Phi) is 5.00. The lowest BCUT2D eigenvalue weighted by molar-refractivity contribution is -0.142. The summed E-state index contributed by atoms with van der Waals surface area (Å²) >= 11 is 0. The zero-order chi connectivity index (χ0) is 13.7. The van der Waals surface area contributed by atoms with Crippen LogP contribution >= 0.6 is 0 Å². The number of carbonyl (C=O) groups is 1. The highest BCUT2D eigenvalue weighted by Crippen LogP contribution is 2.26. The number of hydrogen-bond donors (Lipinski definition) is 0. The van der Waals surface area contributed by atoms with Crippen molar-refractivity contribution < 1.29 is 23.0 Å². The summed E-state index contributed by atoms with van der Waals surface area (Å²) in [5.41, 5.74) is 0.641. The molecule has 0 amide bonds. The van der Waals surface area contributed by atoms with Gasteiger partial charge in [-0.3, -0.25) is 4.79 Å². The van der Waals surface area contributed by atoms with Gasteiger partial charge in [-0.1, -0.05) is 0 Å². The van der Waals surface area contributed by atoms with E-state index in [0.717, 1.165) is 0 Å². The maximum absolute atomic E-state index is 12.6. The fourth-order valence-electron chi connectivity index (χ4n) is 1.55. The molecule has 1 rings (SSSR count). The summed E-state index contributed by atoms with van der Waals surface area (Å²) in [4.78, 5) is 15.1. The second-order valence-electron chi connectivity index (χ2n) is 3.63. The molecule has 0 N–H and O–H groups in total. The number of halogens is 2. The van der Waals surface area contributed by atoms with E-state index in [0.29, 0.717) is 11.1 Å². The normalized spacial score (nSPS) is 10.6. The van der Waals surface area contributed by atoms with E-state index in [1.807, 2.05) is 0 Å². The molecule has 1 aromatic rings. The third-order valence-electron chi connectivity index (χ3n) is 2.37. The maximum atomic E-state index is 12.6. The molecule has 0 aliphatic rings. The number of hydrogen-bond acceptors (Lipinski definition) is 4. The lowest BCUT2D eigenvalue weighted by Gasteiger charge is -2.12. The molecule has 0 saturated carbocycles. The van der Waals surface area contributed by atoms with Gasteiger partial charge in [-0.2, -0.15) is 0 Å². The summed E-state index contributed by atoms with van der Waals surface area (Å²) in [6.07, 6.45) is -2.71. The number of aryl methyl sites for hydroxylation is 1. The van der Waals surface area contributed by atoms with E-state index in [1.165, 1.54) is 13.2 Å². The first-order chi connectivity index (χ1) is 8.49. The van der Waals surface area contributed by atoms with Crippen molar-refractivity contribution in [2.75, 3.05) is 13.7 Å². The molecule has 0 aromatic carbocycles. The molecular formula is C12H15F2NO3. The summed E-state index contributed by atoms with van der Waals surface area (Å²) in [5, 5.41) is 0. The Morgan fingerprint density at radius 3 is 2.67 bits per heavy atom. The Bertz CT molecular complexity index is 436. The largest absolute Gasteiger partial charge is 0.481 e. The molecule has 18 heavy (non-hydrogen) atoms. The molecule has 100 valence electrons. The molecule has 6 heteroatoms. The van der Waals surface area contributed by atoms with Gasteiger partial charge in [-0.15, -0.1) is 0 Å². The molecule has 0 atom stereocenters. The standard InChI is InChI=1S/C12H15F2NO3/c1-4-18-10(16)6-8-7(2)5-9(11(13)14)15-12(8)17-3/h5,11H,4,6H2,1-3H3. The Morgan fingerprint density at radius 1 is 1.50 bits per heavy atom. The van der Waals surface area contributed by atoms with Gasteiger partial charge in [0.05, 0.1) is 20.1 Å². The van der Waals surface area contributed by atoms with Crippen LogP contribution in [0, 0.1) is 6.92 Å². The smallest absolute Gasteiger partial charge is 0.310 e. The van der Waals surface area contributed by atoms with Crippen molar-refractivity contribution in [1.82, 2.24) is 4.98 Å². The zero-order valence-electron chi connectivity index (χ0n) is 10.5. The summed E-state index contributed by atoms with van der Waals surface area (Å²) in [7, 11) is 1.33. The Morgan fingerprint density at radius 2 is 2.17 bits per heavy atom. The molecule has 0 aliphatic carbocycles. The highest BCUT2D eigenvalue weighted by molar-refractivity contribution is 5.73. The van der Waals surface area contributed by atoms with Crippen molar-refractivity contribution in [3.05, 3.63) is 22.9 Å². The number of aromatic nitrogens is 1. The second kappa shape index (κ2) is 6.28. The molecule has 0 saturated heterocycles. The molecular weight excluding hydrogens is 244 g/mol. The first kappa shape index (κ1) is 14.3. The van der Waals surface area contributed by atoms with Gasteiger partial charge in [0.15, 0.2) is 0 Å². The van der Waals surface area contributed by atoms with Crippen LogP contribution in [0.5, 0.6) is 5.88 Å². The number of rotatable bonds is 5. The minimum absolute atomic E-state index is 0.0401. The fraction of sp³-hybridized carbons (Fsp3) is 0.500. The SMILES string of the molecule is CCOC(=O)Cc1c(C)cc(C(F)F)nc1OC. The van der Waals surface area contributed by atoms with E-state index in [1.54, 1.807) is 13.8 Å². The third-order valence-corrected chi connectivity index (χ3v) is 2.37. The van der Waals surface area contributed by atoms with Gasteiger partial charge in [0, 0.05) is 5.56 Å². The first-order valence-electron chi connectivity index (χ1n) is 5.47. The van der Waals surface area contributed by atoms with Crippen molar-refractivity contribution in [3.8, 4) is 5.88 Å². The van der Waals surface area contributed by atoms with Crippen LogP contribution in [0.25, 0.3) is 0 Å². The van der Waals surface area contributed by atoms with Gasteiger partial charge < -0.3 is 9.47 Å². The predicted molar refractivity (Wildman–Crippen MR) is 60.8 cm³/mol. The quantitative estimate of drug-likeness (QED) is 0.762. The highest BCUT2D eigenvalue weighted by atomic mass is 19.3. The summed E-state index contributed by atoms with van der Waals surface area (Å²) in [5.74, 6) is -0.399. The van der Waals surface area contributed by atoms with Gasteiger partial charge in [0.25, 0.3) is 6.43 Å². The van der Waals surface area contributed by atoms with Crippen LogP contribution in [0.4, 0.5) is 8.78 Å². The molecule has 0 spiro atoms. The Labute approximate surface area is 104 Å². The van der Waals surface area contributed by atoms with Crippen molar-refractivity contribution in [1.29, 1.82) is 0 Å². The molecule has 0 fully saturated rings. The second-order valence-corrected chi connectivity index (χ2v) is 3.63. The first-order valence-corrected chi connectivity index (χ1v) is 5.47. The lowest BCUT2D eigenvalue weighted by Crippen LogP contribution is -2.11. The van der Waals surface area contributed by atoms with E-state index in [9.17, 15) is 13.6 Å². The summed E-state index contributed by atoms with van der Waals surface area (Å²) < 4.78 is 34.9. The number of nitrogens with zero attached hydrogens (tertiary/aromatic N) is 1. The number of methoxy groups -OCH3 is 1. The predicted octanol–water partition coefficient (Wildman–Crippen LogP) is 2.44. The molecule has 0 aliphatic heterocycles. The molecule has 0 radical (unpaired) electrons. The van der Waals surface area contributed by atoms with Crippen LogP contribution in [0.1, 0.15) is 30.2 Å². The van der Waals surface area contributed by atoms with Crippen LogP contribution in [0.15, 0.2) is 6.07 Å². The van der Waals surface area contributed by atoms with E-state index in [-0.39, 0.29) is 24.6 Å². The van der Waals surface area contributed by atoms with Crippen LogP contribution in [0.3, 0.4) is 0 Å². The van der Waals surface area contributed by atoms with Crippen molar-refractivity contribution in [2.45, 2.75) is 26.7 Å². The molecule has 0 bridgehead atoms. The lowest BCUT2D eigenvalue weighted by atomic mass is 10.1. The number of ether oxygens (including phenoxy) is 2. The Balaban J connectivity index is 3.07. The average Bonchev–Trinajstić information content (AvgIpc) is 2.31. The van der Waals surface area contributed by atoms with Crippen molar-refractivity contribution in [2.24, 2.45) is 0 Å². The van der Waals surface area contributed by atoms with Gasteiger partial charge in [-0.05, 0) is 25.5 Å². The third kappa shape index (κ3) is 3.38. The highest BCUT2D eigenvalue weighted by Gasteiger charge is 2.18. The Hall–Kier alpha value is -1.72.